The predicted molar refractivity (Wildman–Crippen MR) is 89.1 cm³/mol. The quantitative estimate of drug-likeness (QED) is 0.686. The van der Waals surface area contributed by atoms with Crippen LogP contribution in [0.2, 0.25) is 0 Å². The molecule has 0 saturated carbocycles. The third-order valence-electron chi connectivity index (χ3n) is 4.05. The minimum Gasteiger partial charge on any atom is -0.306 e. The van der Waals surface area contributed by atoms with Gasteiger partial charge in [0.25, 0.3) is 5.91 Å². The molecular weight excluding hydrogens is 329 g/mol. The minimum absolute atomic E-state index is 0.0688. The average molecular weight is 340 g/mol. The van der Waals surface area contributed by atoms with Gasteiger partial charge in [0.05, 0.1) is 11.3 Å². The summed E-state index contributed by atoms with van der Waals surface area (Å²) in [5.74, 6) is -0.288. The molecule has 25 heavy (non-hydrogen) atoms. The molecule has 1 aliphatic rings. The first-order valence-electron chi connectivity index (χ1n) is 7.53. The van der Waals surface area contributed by atoms with Gasteiger partial charge in [0, 0.05) is 16.5 Å². The normalized spacial score (nSPS) is 13.0. The molecule has 3 aromatic rings. The number of rotatable bonds is 1. The van der Waals surface area contributed by atoms with Crippen molar-refractivity contribution in [2.75, 3.05) is 0 Å². The summed E-state index contributed by atoms with van der Waals surface area (Å²) in [6, 6.07) is 15.6. The molecule has 0 aromatic heterocycles. The van der Waals surface area contributed by atoms with Gasteiger partial charge in [0.15, 0.2) is 0 Å². The largest absolute Gasteiger partial charge is 0.416 e. The summed E-state index contributed by atoms with van der Waals surface area (Å²) in [6.45, 7) is 0. The van der Waals surface area contributed by atoms with E-state index < -0.39 is 17.6 Å². The maximum Gasteiger partial charge on any atom is 0.416 e. The summed E-state index contributed by atoms with van der Waals surface area (Å²) in [5, 5.41) is 4.53. The van der Waals surface area contributed by atoms with Gasteiger partial charge in [-0.25, -0.2) is 4.99 Å². The van der Waals surface area contributed by atoms with E-state index in [0.717, 1.165) is 34.2 Å². The summed E-state index contributed by atoms with van der Waals surface area (Å²) in [4.78, 5) is 16.8. The first kappa shape index (κ1) is 15.4. The molecule has 0 fully saturated rings. The molecule has 3 aromatic carbocycles. The second-order valence-corrected chi connectivity index (χ2v) is 5.67. The molecule has 3 nitrogen and oxygen atoms in total. The Hall–Kier alpha value is -3.15. The van der Waals surface area contributed by atoms with Crippen molar-refractivity contribution in [3.05, 3.63) is 77.4 Å². The summed E-state index contributed by atoms with van der Waals surface area (Å²) in [6.07, 6.45) is -4.50. The number of hydrogen-bond acceptors (Lipinski definition) is 2. The van der Waals surface area contributed by atoms with Gasteiger partial charge >= 0.3 is 6.18 Å². The highest BCUT2D eigenvalue weighted by molar-refractivity contribution is 6.23. The van der Waals surface area contributed by atoms with E-state index in [-0.39, 0.29) is 5.56 Å². The predicted octanol–water partition coefficient (Wildman–Crippen LogP) is 4.68. The summed E-state index contributed by atoms with van der Waals surface area (Å²) in [7, 11) is 0. The van der Waals surface area contributed by atoms with Crippen LogP contribution in [-0.2, 0) is 6.18 Å². The van der Waals surface area contributed by atoms with Gasteiger partial charge in [0.2, 0.25) is 0 Å². The highest BCUT2D eigenvalue weighted by atomic mass is 19.4. The van der Waals surface area contributed by atoms with Crippen LogP contribution < -0.4 is 5.32 Å². The number of amides is 1. The lowest BCUT2D eigenvalue weighted by molar-refractivity contribution is -0.137. The van der Waals surface area contributed by atoms with E-state index in [2.05, 4.69) is 10.3 Å². The fraction of sp³-hybridized carbons (Fsp3) is 0.0526. The molecule has 124 valence electrons. The van der Waals surface area contributed by atoms with Crippen molar-refractivity contribution in [3.63, 3.8) is 0 Å². The lowest BCUT2D eigenvalue weighted by atomic mass is 10.0. The Morgan fingerprint density at radius 1 is 0.960 bits per heavy atom. The Bertz CT molecular complexity index is 1030. The molecule has 1 heterocycles. The SMILES string of the molecule is O=C(NC1=Nc2cccc3cccc1c23)c1cccc(C(F)(F)F)c1. The minimum atomic E-state index is -4.50. The van der Waals surface area contributed by atoms with Crippen LogP contribution in [0, 0.1) is 0 Å². The summed E-state index contributed by atoms with van der Waals surface area (Å²) >= 11 is 0. The van der Waals surface area contributed by atoms with Crippen LogP contribution in [0.4, 0.5) is 18.9 Å². The van der Waals surface area contributed by atoms with E-state index in [1.54, 1.807) is 0 Å². The smallest absolute Gasteiger partial charge is 0.306 e. The lowest BCUT2D eigenvalue weighted by Gasteiger charge is -2.10. The molecule has 0 radical (unpaired) electrons. The highest BCUT2D eigenvalue weighted by Crippen LogP contribution is 2.35. The van der Waals surface area contributed by atoms with Gasteiger partial charge in [-0.15, -0.1) is 0 Å². The Morgan fingerprint density at radius 3 is 2.44 bits per heavy atom. The number of halogens is 3. The highest BCUT2D eigenvalue weighted by Gasteiger charge is 2.31. The topological polar surface area (TPSA) is 41.5 Å². The van der Waals surface area contributed by atoms with Crippen molar-refractivity contribution in [2.45, 2.75) is 6.18 Å². The third-order valence-corrected chi connectivity index (χ3v) is 4.05. The number of carbonyl (C=O) groups is 1. The summed E-state index contributed by atoms with van der Waals surface area (Å²) in [5.41, 5.74) is 0.556. The van der Waals surface area contributed by atoms with Crippen molar-refractivity contribution < 1.29 is 18.0 Å². The zero-order valence-corrected chi connectivity index (χ0v) is 12.8. The van der Waals surface area contributed by atoms with Crippen LogP contribution in [-0.4, -0.2) is 11.7 Å². The van der Waals surface area contributed by atoms with Crippen LogP contribution >= 0.6 is 0 Å². The van der Waals surface area contributed by atoms with Gasteiger partial charge in [0.1, 0.15) is 5.84 Å². The number of nitrogens with zero attached hydrogens (tertiary/aromatic N) is 1. The standard InChI is InChI=1S/C19H11F3N2O/c20-19(21,22)13-7-1-6-12(10-13)18(25)24-17-14-8-2-4-11-5-3-9-15(23-17)16(11)14/h1-10H,(H,23,24,25). The maximum absolute atomic E-state index is 12.8. The fourth-order valence-electron chi connectivity index (χ4n) is 2.90. The molecule has 1 amide bonds. The van der Waals surface area contributed by atoms with Crippen molar-refractivity contribution >= 4 is 28.2 Å². The molecule has 0 aliphatic carbocycles. The van der Waals surface area contributed by atoms with Gasteiger partial charge < -0.3 is 5.32 Å². The van der Waals surface area contributed by atoms with Crippen molar-refractivity contribution in [3.8, 4) is 0 Å². The molecule has 4 rings (SSSR count). The monoisotopic (exact) mass is 340 g/mol. The molecule has 0 unspecified atom stereocenters. The van der Waals surface area contributed by atoms with Crippen LogP contribution in [0.15, 0.2) is 65.7 Å². The first-order valence-corrected chi connectivity index (χ1v) is 7.53. The van der Waals surface area contributed by atoms with Crippen molar-refractivity contribution in [1.29, 1.82) is 0 Å². The van der Waals surface area contributed by atoms with Gasteiger partial charge in [-0.05, 0) is 29.7 Å². The van der Waals surface area contributed by atoms with Gasteiger partial charge in [-0.1, -0.05) is 36.4 Å². The Morgan fingerprint density at radius 2 is 1.68 bits per heavy atom. The second-order valence-electron chi connectivity index (χ2n) is 5.67. The van der Waals surface area contributed by atoms with E-state index in [1.165, 1.54) is 12.1 Å². The van der Waals surface area contributed by atoms with Crippen LogP contribution in [0.3, 0.4) is 0 Å². The first-order chi connectivity index (χ1) is 11.9. The molecule has 0 atom stereocenters. The zero-order chi connectivity index (χ0) is 17.6. The van der Waals surface area contributed by atoms with Crippen LogP contribution in [0.5, 0.6) is 0 Å². The molecular formula is C19H11F3N2O. The Balaban J connectivity index is 1.66. The van der Waals surface area contributed by atoms with Crippen molar-refractivity contribution in [2.24, 2.45) is 4.99 Å². The molecule has 0 spiro atoms. The fourth-order valence-corrected chi connectivity index (χ4v) is 2.90. The van der Waals surface area contributed by atoms with E-state index in [0.29, 0.717) is 5.84 Å². The number of hydrogen-bond donors (Lipinski definition) is 1. The van der Waals surface area contributed by atoms with Crippen molar-refractivity contribution in [1.82, 2.24) is 5.32 Å². The Kier molecular flexibility index (Phi) is 3.35. The number of alkyl halides is 3. The number of nitrogens with one attached hydrogen (secondary N) is 1. The number of carbonyl (C=O) groups excluding carboxylic acids is 1. The van der Waals surface area contributed by atoms with E-state index >= 15 is 0 Å². The molecule has 0 saturated heterocycles. The number of aliphatic imine (C=N–C) groups is 1. The van der Waals surface area contributed by atoms with Gasteiger partial charge in [-0.3, -0.25) is 4.79 Å². The third kappa shape index (κ3) is 2.65. The van der Waals surface area contributed by atoms with Crippen LogP contribution in [0.1, 0.15) is 21.5 Å². The molecule has 1 N–H and O–H groups in total. The number of amidine groups is 1. The average Bonchev–Trinajstić information content (AvgIpc) is 2.94. The Labute approximate surface area is 140 Å². The molecule has 1 aliphatic heterocycles. The lowest BCUT2D eigenvalue weighted by Crippen LogP contribution is -2.30. The van der Waals surface area contributed by atoms with Gasteiger partial charge in [-0.2, -0.15) is 13.2 Å². The zero-order valence-electron chi connectivity index (χ0n) is 12.8. The van der Waals surface area contributed by atoms with E-state index in [4.69, 9.17) is 0 Å². The molecule has 0 bridgehead atoms. The second kappa shape index (κ2) is 5.44. The molecule has 6 heteroatoms. The van der Waals surface area contributed by atoms with E-state index in [1.807, 2.05) is 36.4 Å². The maximum atomic E-state index is 12.8. The number of benzene rings is 3. The summed E-state index contributed by atoms with van der Waals surface area (Å²) < 4.78 is 38.4. The van der Waals surface area contributed by atoms with E-state index in [9.17, 15) is 18.0 Å². The van der Waals surface area contributed by atoms with Crippen LogP contribution in [0.25, 0.3) is 10.8 Å².